The quantitative estimate of drug-likeness (QED) is 0.243. The molecule has 0 N–H and O–H groups in total. The molecule has 0 amide bonds. The van der Waals surface area contributed by atoms with Crippen molar-refractivity contribution in [3.63, 3.8) is 0 Å². The molecule has 0 unspecified atom stereocenters. The molecule has 0 spiro atoms. The van der Waals surface area contributed by atoms with Gasteiger partial charge in [-0.15, -0.1) is 0 Å². The standard InChI is InChI=1S/C82H108O/c1-2-69(73(80-37-58-15-59(38-80)17-60(16-58)39-80)71(78-31-52-9-53(32-78)11-54(10-52)33-78)67(1)76-25-46-3-47(26-76)5-48(4-46)27-76)83-70-24-68(77-28-49-6-50(29-77)8-51(7-49)30-77)72(79-34-55-12-56(35-79)14-57(13-55)36-79)75(82-43-64-21-65(44-82)23-66(22-64)45-82)74(70)81-40-61-18-62(41-81)20-63(19-61)42-81/h1-2,24,46-66H,3-23,25-45H2. The Kier molecular flexibility index (Phi) is 9.59. The van der Waals surface area contributed by atoms with Gasteiger partial charge in [0.25, 0.3) is 0 Å². The van der Waals surface area contributed by atoms with Crippen molar-refractivity contribution in [2.75, 3.05) is 0 Å². The van der Waals surface area contributed by atoms with E-state index in [1.54, 1.807) is 179 Å². The molecule has 28 aliphatic rings. The minimum absolute atomic E-state index is 0.308. The molecule has 1 heteroatoms. The van der Waals surface area contributed by atoms with E-state index in [1.165, 1.54) is 102 Å². The molecule has 2 aromatic carbocycles. The average molecular weight is 1110 g/mol. The van der Waals surface area contributed by atoms with Crippen LogP contribution in [-0.2, 0) is 37.9 Å². The molecule has 1 nitrogen and oxygen atoms in total. The van der Waals surface area contributed by atoms with Gasteiger partial charge in [-0.05, 0) is 461 Å². The first-order chi connectivity index (χ1) is 40.4. The maximum Gasteiger partial charge on any atom is 0.131 e. The maximum absolute atomic E-state index is 9.28. The number of rotatable bonds is 9. The molecular formula is C82H108O. The molecule has 2 aromatic rings. The van der Waals surface area contributed by atoms with Crippen LogP contribution < -0.4 is 4.74 Å². The third kappa shape index (κ3) is 6.73. The van der Waals surface area contributed by atoms with E-state index in [9.17, 15) is 4.74 Å². The fraction of sp³-hybridized carbons (Fsp3) is 0.854. The highest BCUT2D eigenvalue weighted by atomic mass is 16.5. The van der Waals surface area contributed by atoms with Gasteiger partial charge in [-0.25, -0.2) is 0 Å². The van der Waals surface area contributed by atoms with Crippen molar-refractivity contribution in [2.24, 2.45) is 124 Å². The average Bonchev–Trinajstić information content (AvgIpc) is 1.26. The predicted molar refractivity (Wildman–Crippen MR) is 332 cm³/mol. The van der Waals surface area contributed by atoms with Gasteiger partial charge in [-0.3, -0.25) is 0 Å². The van der Waals surface area contributed by atoms with Crippen molar-refractivity contribution in [1.82, 2.24) is 0 Å². The van der Waals surface area contributed by atoms with Crippen molar-refractivity contribution in [2.45, 2.75) is 308 Å². The minimum Gasteiger partial charge on any atom is -0.457 e. The fourth-order valence-electron chi connectivity index (χ4n) is 36.0. The van der Waals surface area contributed by atoms with Crippen LogP contribution in [0.5, 0.6) is 11.5 Å². The van der Waals surface area contributed by atoms with Crippen molar-refractivity contribution >= 4 is 0 Å². The largest absolute Gasteiger partial charge is 0.457 e. The Morgan fingerprint density at radius 1 is 0.193 bits per heavy atom. The van der Waals surface area contributed by atoms with E-state index in [0.717, 1.165) is 124 Å². The molecule has 30 rings (SSSR count). The molecule has 0 aliphatic heterocycles. The summed E-state index contributed by atoms with van der Waals surface area (Å²) in [5, 5.41) is 0. The molecule has 0 radical (unpaired) electrons. The molecular weight excluding hydrogens is 1000 g/mol. The van der Waals surface area contributed by atoms with Crippen LogP contribution in [-0.4, -0.2) is 0 Å². The monoisotopic (exact) mass is 1110 g/mol. The summed E-state index contributed by atoms with van der Waals surface area (Å²) in [5.41, 5.74) is 17.1. The van der Waals surface area contributed by atoms with Crippen molar-refractivity contribution < 1.29 is 4.74 Å². The van der Waals surface area contributed by atoms with E-state index < -0.39 is 0 Å². The Hall–Kier alpha value is -1.76. The Morgan fingerprint density at radius 3 is 0.651 bits per heavy atom. The lowest BCUT2D eigenvalue weighted by Crippen LogP contribution is -2.56. The van der Waals surface area contributed by atoms with Crippen LogP contribution in [0.25, 0.3) is 0 Å². The van der Waals surface area contributed by atoms with Crippen LogP contribution in [0.15, 0.2) is 18.2 Å². The highest BCUT2D eigenvalue weighted by Crippen LogP contribution is 2.76. The van der Waals surface area contributed by atoms with Crippen molar-refractivity contribution in [3.8, 4) is 11.5 Å². The first kappa shape index (κ1) is 49.1. The molecule has 83 heavy (non-hydrogen) atoms. The van der Waals surface area contributed by atoms with Crippen molar-refractivity contribution in [3.05, 3.63) is 57.1 Å². The van der Waals surface area contributed by atoms with Crippen molar-refractivity contribution in [1.29, 1.82) is 0 Å². The van der Waals surface area contributed by atoms with Gasteiger partial charge in [-0.2, -0.15) is 0 Å². The van der Waals surface area contributed by atoms with E-state index in [1.807, 2.05) is 16.7 Å². The van der Waals surface area contributed by atoms with Crippen LogP contribution in [0, 0.1) is 124 Å². The second-order valence-corrected chi connectivity index (χ2v) is 40.4. The third-order valence-corrected chi connectivity index (χ3v) is 34.7. The van der Waals surface area contributed by atoms with E-state index in [4.69, 9.17) is 0 Å². The molecule has 28 fully saturated rings. The molecule has 0 atom stereocenters. The van der Waals surface area contributed by atoms with Gasteiger partial charge in [0.05, 0.1) is 0 Å². The van der Waals surface area contributed by atoms with Crippen LogP contribution in [0.2, 0.25) is 0 Å². The summed E-state index contributed by atoms with van der Waals surface area (Å²) >= 11 is 0. The number of hydrogen-bond acceptors (Lipinski definition) is 1. The summed E-state index contributed by atoms with van der Waals surface area (Å²) in [6, 6.07) is 9.13. The zero-order chi connectivity index (χ0) is 53.3. The highest BCUT2D eigenvalue weighted by Gasteiger charge is 2.66. The van der Waals surface area contributed by atoms with E-state index >= 15 is 0 Å². The second kappa shape index (κ2) is 16.2. The molecule has 28 saturated carbocycles. The lowest BCUT2D eigenvalue weighted by atomic mass is 9.39. The van der Waals surface area contributed by atoms with Crippen LogP contribution in [0.1, 0.15) is 309 Å². The predicted octanol–water partition coefficient (Wildman–Crippen LogP) is 20.8. The van der Waals surface area contributed by atoms with Crippen LogP contribution >= 0.6 is 0 Å². The number of benzene rings is 2. The summed E-state index contributed by atoms with van der Waals surface area (Å²) < 4.78 is 9.28. The van der Waals surface area contributed by atoms with E-state index in [2.05, 4.69) is 40.5 Å². The molecule has 0 heterocycles. The zero-order valence-electron chi connectivity index (χ0n) is 52.0. The summed E-state index contributed by atoms with van der Waals surface area (Å²) in [6.45, 7) is 0. The van der Waals surface area contributed by atoms with Gasteiger partial charge < -0.3 is 4.74 Å². The maximum atomic E-state index is 9.28. The Bertz CT molecular complexity index is 2870. The zero-order valence-corrected chi connectivity index (χ0v) is 52.0. The summed E-state index contributed by atoms with van der Waals surface area (Å²) in [7, 11) is 0. The minimum atomic E-state index is 0.308. The van der Waals surface area contributed by atoms with Gasteiger partial charge in [0.2, 0.25) is 0 Å². The van der Waals surface area contributed by atoms with E-state index in [0.29, 0.717) is 37.9 Å². The molecule has 0 saturated heterocycles. The van der Waals surface area contributed by atoms with Gasteiger partial charge in [0, 0.05) is 22.0 Å². The normalized spacial score (nSPS) is 58.0. The lowest BCUT2D eigenvalue weighted by Gasteiger charge is -2.65. The summed E-state index contributed by atoms with van der Waals surface area (Å²) in [5.74, 6) is 23.6. The van der Waals surface area contributed by atoms with Gasteiger partial charge in [0.1, 0.15) is 11.5 Å². The van der Waals surface area contributed by atoms with Gasteiger partial charge in [-0.1, -0.05) is 6.07 Å². The van der Waals surface area contributed by atoms with E-state index in [-0.39, 0.29) is 0 Å². The highest BCUT2D eigenvalue weighted by molar-refractivity contribution is 5.66. The molecule has 28 aliphatic carbocycles. The van der Waals surface area contributed by atoms with Gasteiger partial charge >= 0.3 is 0 Å². The third-order valence-electron chi connectivity index (χ3n) is 34.7. The summed E-state index contributed by atoms with van der Waals surface area (Å²) in [6.07, 6.45) is 65.1. The van der Waals surface area contributed by atoms with Crippen LogP contribution in [0.3, 0.4) is 0 Å². The first-order valence-corrected chi connectivity index (χ1v) is 38.5. The number of ether oxygens (including phenoxy) is 1. The first-order valence-electron chi connectivity index (χ1n) is 38.5. The molecule has 0 aromatic heterocycles. The molecule has 28 bridgehead atoms. The van der Waals surface area contributed by atoms with Crippen LogP contribution in [0.4, 0.5) is 0 Å². The SMILES string of the molecule is c1cc(C23CC4CC(CC(C4)C2)C3)c(C23CC4CC(CC(C4)C2)C3)c(C23CC4CC(CC(C4)C2)C3)c1Oc1cc(C23CC4CC(CC(C4)C2)C3)c(C23CC4CC(CC(C4)C2)C3)c(C23CC4CC(CC(C4)C2)C3)c1C12CC3CC(CC(C3)C1)C2. The molecule has 442 valence electrons. The fourth-order valence-corrected chi connectivity index (χ4v) is 36.0. The number of hydrogen-bond donors (Lipinski definition) is 0. The summed E-state index contributed by atoms with van der Waals surface area (Å²) in [4.78, 5) is 0. The smallest absolute Gasteiger partial charge is 0.131 e. The Balaban J connectivity index is 0.831. The Labute approximate surface area is 502 Å². The van der Waals surface area contributed by atoms with Gasteiger partial charge in [0.15, 0.2) is 0 Å². The topological polar surface area (TPSA) is 9.23 Å². The Morgan fingerprint density at radius 2 is 0.386 bits per heavy atom. The lowest BCUT2D eigenvalue weighted by molar-refractivity contribution is -0.0294. The second-order valence-electron chi connectivity index (χ2n) is 40.4.